The molecule has 3 nitrogen and oxygen atoms in total. The van der Waals surface area contributed by atoms with Gasteiger partial charge in [-0.1, -0.05) is 6.92 Å². The molecule has 0 spiro atoms. The largest absolute Gasteiger partial charge is 0.396 e. The first kappa shape index (κ1) is 10.3. The predicted octanol–water partition coefficient (Wildman–Crippen LogP) is 0.320. The van der Waals surface area contributed by atoms with Gasteiger partial charge in [-0.3, -0.25) is 9.59 Å². The second-order valence-corrected chi connectivity index (χ2v) is 2.80. The quantitative estimate of drug-likeness (QED) is 0.585. The normalized spacial score (nSPS) is 15.5. The van der Waals surface area contributed by atoms with E-state index in [0.29, 0.717) is 0 Å². The lowest BCUT2D eigenvalue weighted by Crippen LogP contribution is -2.16. The molecular formula is C8H13O3. The van der Waals surface area contributed by atoms with Crippen molar-refractivity contribution < 1.29 is 14.7 Å². The number of carbonyl (C=O) groups is 1. The summed E-state index contributed by atoms with van der Waals surface area (Å²) in [5.74, 6) is -0.858. The van der Waals surface area contributed by atoms with Crippen LogP contribution in [0.1, 0.15) is 20.3 Å². The average molecular weight is 157 g/mol. The number of ketones is 1. The molecule has 0 fully saturated rings. The molecule has 11 heavy (non-hydrogen) atoms. The van der Waals surface area contributed by atoms with Crippen LogP contribution in [0.4, 0.5) is 0 Å². The van der Waals surface area contributed by atoms with Gasteiger partial charge in [0.1, 0.15) is 5.78 Å². The summed E-state index contributed by atoms with van der Waals surface area (Å²) in [5.41, 5.74) is 0. The monoisotopic (exact) mass is 157 g/mol. The summed E-state index contributed by atoms with van der Waals surface area (Å²) in [4.78, 5) is 21.0. The lowest BCUT2D eigenvalue weighted by molar-refractivity contribution is -0.121. The molecule has 0 bridgehead atoms. The number of hydrogen-bond acceptors (Lipinski definition) is 3. The molecular weight excluding hydrogens is 144 g/mol. The van der Waals surface area contributed by atoms with Gasteiger partial charge in [0, 0.05) is 13.0 Å². The van der Waals surface area contributed by atoms with Crippen molar-refractivity contribution in [2.75, 3.05) is 6.61 Å². The molecule has 0 saturated heterocycles. The summed E-state index contributed by atoms with van der Waals surface area (Å²) in [5, 5.41) is 8.59. The van der Waals surface area contributed by atoms with E-state index in [1.54, 1.807) is 13.2 Å². The highest BCUT2D eigenvalue weighted by Gasteiger charge is 2.15. The molecule has 63 valence electrons. The van der Waals surface area contributed by atoms with E-state index < -0.39 is 5.92 Å². The van der Waals surface area contributed by atoms with E-state index in [9.17, 15) is 9.59 Å². The number of carbonyl (C=O) groups excluding carboxylic acids is 2. The predicted molar refractivity (Wildman–Crippen MR) is 40.7 cm³/mol. The van der Waals surface area contributed by atoms with Crippen molar-refractivity contribution in [2.45, 2.75) is 20.3 Å². The van der Waals surface area contributed by atoms with Crippen LogP contribution in [0.15, 0.2) is 0 Å². The van der Waals surface area contributed by atoms with Crippen LogP contribution in [0.25, 0.3) is 0 Å². The molecule has 3 heteroatoms. The van der Waals surface area contributed by atoms with Crippen molar-refractivity contribution in [3.8, 4) is 0 Å². The Hall–Kier alpha value is -0.700. The Morgan fingerprint density at radius 2 is 2.09 bits per heavy atom. The molecule has 0 heterocycles. The second-order valence-electron chi connectivity index (χ2n) is 2.80. The Morgan fingerprint density at radius 3 is 2.45 bits per heavy atom. The molecule has 0 aliphatic carbocycles. The fourth-order valence-corrected chi connectivity index (χ4v) is 0.650. The summed E-state index contributed by atoms with van der Waals surface area (Å²) in [6, 6.07) is 0. The topological polar surface area (TPSA) is 54.4 Å². The third-order valence-corrected chi connectivity index (χ3v) is 1.52. The van der Waals surface area contributed by atoms with Gasteiger partial charge in [0.15, 0.2) is 0 Å². The Kier molecular flexibility index (Phi) is 4.70. The fraction of sp³-hybridized carbons (Fsp3) is 0.750. The van der Waals surface area contributed by atoms with Gasteiger partial charge in [-0.2, -0.15) is 0 Å². The minimum Gasteiger partial charge on any atom is -0.396 e. The summed E-state index contributed by atoms with van der Waals surface area (Å²) in [6.45, 7) is 3.26. The lowest BCUT2D eigenvalue weighted by atomic mass is 9.98. The lowest BCUT2D eigenvalue weighted by Gasteiger charge is -2.06. The van der Waals surface area contributed by atoms with Crippen LogP contribution in [-0.4, -0.2) is 23.8 Å². The molecule has 0 saturated carbocycles. The number of aliphatic hydroxyl groups excluding tert-OH is 1. The van der Waals surface area contributed by atoms with E-state index >= 15 is 0 Å². The SMILES string of the molecule is CC(CO)CC(=O)[C@@H](C)[C]=O. The van der Waals surface area contributed by atoms with Gasteiger partial charge in [0.2, 0.25) is 6.29 Å². The maximum Gasteiger partial charge on any atom is 0.209 e. The van der Waals surface area contributed by atoms with Crippen LogP contribution in [-0.2, 0) is 9.59 Å². The maximum absolute atomic E-state index is 11.0. The molecule has 0 aromatic carbocycles. The third-order valence-electron chi connectivity index (χ3n) is 1.52. The number of aliphatic hydroxyl groups is 1. The van der Waals surface area contributed by atoms with Gasteiger partial charge in [-0.15, -0.1) is 0 Å². The standard InChI is InChI=1S/C8H13O3/c1-6(4-9)3-8(11)7(2)5-10/h6-7,9H,3-4H2,1-2H3/t6?,7-/m0/s1. The van der Waals surface area contributed by atoms with E-state index in [2.05, 4.69) is 0 Å². The zero-order valence-electron chi connectivity index (χ0n) is 6.83. The highest BCUT2D eigenvalue weighted by molar-refractivity contribution is 5.93. The number of hydrogen-bond donors (Lipinski definition) is 1. The smallest absolute Gasteiger partial charge is 0.209 e. The van der Waals surface area contributed by atoms with E-state index in [1.807, 2.05) is 0 Å². The highest BCUT2D eigenvalue weighted by atomic mass is 16.3. The van der Waals surface area contributed by atoms with Crippen molar-refractivity contribution in [1.29, 1.82) is 0 Å². The molecule has 1 radical (unpaired) electrons. The van der Waals surface area contributed by atoms with Crippen LogP contribution >= 0.6 is 0 Å². The van der Waals surface area contributed by atoms with Crippen molar-refractivity contribution in [3.05, 3.63) is 0 Å². The molecule has 1 unspecified atom stereocenters. The van der Waals surface area contributed by atoms with Crippen LogP contribution < -0.4 is 0 Å². The second kappa shape index (κ2) is 5.02. The van der Waals surface area contributed by atoms with Crippen molar-refractivity contribution in [3.63, 3.8) is 0 Å². The van der Waals surface area contributed by atoms with Crippen molar-refractivity contribution >= 4 is 12.1 Å². The van der Waals surface area contributed by atoms with Gasteiger partial charge in [-0.25, -0.2) is 0 Å². The minimum atomic E-state index is -0.649. The van der Waals surface area contributed by atoms with E-state index in [0.717, 1.165) is 0 Å². The summed E-state index contributed by atoms with van der Waals surface area (Å²) >= 11 is 0. The zero-order chi connectivity index (χ0) is 8.85. The van der Waals surface area contributed by atoms with E-state index in [1.165, 1.54) is 6.92 Å². The molecule has 0 aliphatic heterocycles. The molecule has 0 rings (SSSR count). The molecule has 0 aliphatic rings. The van der Waals surface area contributed by atoms with Crippen molar-refractivity contribution in [2.24, 2.45) is 11.8 Å². The first-order chi connectivity index (χ1) is 5.11. The van der Waals surface area contributed by atoms with Crippen LogP contribution in [0, 0.1) is 11.8 Å². The highest BCUT2D eigenvalue weighted by Crippen LogP contribution is 2.05. The summed E-state index contributed by atoms with van der Waals surface area (Å²) < 4.78 is 0. The van der Waals surface area contributed by atoms with E-state index in [-0.39, 0.29) is 24.7 Å². The molecule has 0 amide bonds. The Bertz CT molecular complexity index is 142. The molecule has 1 N–H and O–H groups in total. The summed E-state index contributed by atoms with van der Waals surface area (Å²) in [6.07, 6.45) is 1.87. The first-order valence-electron chi connectivity index (χ1n) is 3.63. The minimum absolute atomic E-state index is 0.0166. The van der Waals surface area contributed by atoms with Gasteiger partial charge in [0.05, 0.1) is 5.92 Å². The Balaban J connectivity index is 3.77. The van der Waals surface area contributed by atoms with Crippen LogP contribution in [0.5, 0.6) is 0 Å². The Morgan fingerprint density at radius 1 is 1.55 bits per heavy atom. The van der Waals surface area contributed by atoms with E-state index in [4.69, 9.17) is 5.11 Å². The average Bonchev–Trinajstić information content (AvgIpc) is 2.02. The van der Waals surface area contributed by atoms with Gasteiger partial charge < -0.3 is 5.11 Å². The number of Topliss-reactive ketones (excluding diaryl/α,β-unsaturated/α-hetero) is 1. The van der Waals surface area contributed by atoms with Gasteiger partial charge in [-0.05, 0) is 12.8 Å². The summed E-state index contributed by atoms with van der Waals surface area (Å²) in [7, 11) is 0. The van der Waals surface area contributed by atoms with Crippen LogP contribution in [0.2, 0.25) is 0 Å². The number of rotatable bonds is 5. The molecule has 0 aromatic heterocycles. The molecule has 2 atom stereocenters. The first-order valence-corrected chi connectivity index (χ1v) is 3.63. The van der Waals surface area contributed by atoms with Gasteiger partial charge >= 0.3 is 0 Å². The van der Waals surface area contributed by atoms with Crippen molar-refractivity contribution in [1.82, 2.24) is 0 Å². The Labute approximate surface area is 66.4 Å². The molecule has 0 aromatic rings. The van der Waals surface area contributed by atoms with Gasteiger partial charge in [0.25, 0.3) is 0 Å². The van der Waals surface area contributed by atoms with Crippen LogP contribution in [0.3, 0.4) is 0 Å². The third kappa shape index (κ3) is 3.88. The maximum atomic E-state index is 11.0. The fourth-order valence-electron chi connectivity index (χ4n) is 0.650. The zero-order valence-corrected chi connectivity index (χ0v) is 6.83.